The van der Waals surface area contributed by atoms with E-state index in [4.69, 9.17) is 16.3 Å². The summed E-state index contributed by atoms with van der Waals surface area (Å²) < 4.78 is 5.63. The van der Waals surface area contributed by atoms with Crippen molar-refractivity contribution in [1.82, 2.24) is 15.1 Å². The molecule has 6 nitrogen and oxygen atoms in total. The molecule has 3 rings (SSSR count). The van der Waals surface area contributed by atoms with Crippen molar-refractivity contribution in [1.29, 1.82) is 0 Å². The van der Waals surface area contributed by atoms with Crippen LogP contribution in [0.15, 0.2) is 24.3 Å². The summed E-state index contributed by atoms with van der Waals surface area (Å²) in [6.07, 6.45) is 1.74. The lowest BCUT2D eigenvalue weighted by Gasteiger charge is -2.42. The predicted molar refractivity (Wildman–Crippen MR) is 100 cm³/mol. The molecular formula is C19H26ClN3O3. The van der Waals surface area contributed by atoms with Crippen LogP contribution in [0.5, 0.6) is 0 Å². The van der Waals surface area contributed by atoms with Gasteiger partial charge in [-0.05, 0) is 43.6 Å². The van der Waals surface area contributed by atoms with Crippen molar-refractivity contribution < 1.29 is 14.3 Å². The molecule has 0 unspecified atom stereocenters. The molecule has 2 saturated heterocycles. The summed E-state index contributed by atoms with van der Waals surface area (Å²) in [5.41, 5.74) is 0.242. The highest BCUT2D eigenvalue weighted by molar-refractivity contribution is 6.30. The van der Waals surface area contributed by atoms with Crippen LogP contribution in [-0.2, 0) is 20.7 Å². The van der Waals surface area contributed by atoms with Gasteiger partial charge in [0.05, 0.1) is 6.42 Å². The summed E-state index contributed by atoms with van der Waals surface area (Å²) in [6.45, 7) is 3.83. The van der Waals surface area contributed by atoms with Crippen molar-refractivity contribution in [2.24, 2.45) is 0 Å². The number of hydrogen-bond donors (Lipinski definition) is 1. The number of halogens is 1. The average molecular weight is 380 g/mol. The van der Waals surface area contributed by atoms with Gasteiger partial charge in [-0.2, -0.15) is 0 Å². The Hall–Kier alpha value is -1.63. The Bertz CT molecular complexity index is 636. The van der Waals surface area contributed by atoms with E-state index in [0.717, 1.165) is 18.7 Å². The van der Waals surface area contributed by atoms with Crippen LogP contribution in [0.1, 0.15) is 18.4 Å². The normalized spacial score (nSPS) is 20.1. The van der Waals surface area contributed by atoms with Gasteiger partial charge < -0.3 is 19.9 Å². The molecule has 2 heterocycles. The topological polar surface area (TPSA) is 61.9 Å². The molecule has 2 fully saturated rings. The summed E-state index contributed by atoms with van der Waals surface area (Å²) in [5.74, 6) is 0.147. The summed E-state index contributed by atoms with van der Waals surface area (Å²) in [5, 5.41) is 3.93. The Balaban J connectivity index is 1.54. The van der Waals surface area contributed by atoms with E-state index in [9.17, 15) is 9.59 Å². The molecule has 1 aromatic rings. The first-order valence-corrected chi connectivity index (χ1v) is 9.49. The van der Waals surface area contributed by atoms with Gasteiger partial charge in [0.2, 0.25) is 5.91 Å². The van der Waals surface area contributed by atoms with Gasteiger partial charge in [0.15, 0.2) is 0 Å². The molecule has 0 radical (unpaired) electrons. The molecule has 0 aromatic heterocycles. The van der Waals surface area contributed by atoms with Crippen molar-refractivity contribution in [2.75, 3.05) is 46.4 Å². The Morgan fingerprint density at radius 2 is 1.65 bits per heavy atom. The number of carbonyl (C=O) groups is 2. The molecule has 1 aromatic carbocycles. The summed E-state index contributed by atoms with van der Waals surface area (Å²) in [6, 6.07) is 7.34. The zero-order chi connectivity index (χ0) is 18.6. The zero-order valence-corrected chi connectivity index (χ0v) is 15.9. The number of nitrogens with zero attached hydrogens (tertiary/aromatic N) is 2. The SMILES string of the molecule is COC1(C(=O)N2CCN(C(=O)Cc3ccc(Cl)cc3)CC2)CCNCC1. The third kappa shape index (κ3) is 4.19. The summed E-state index contributed by atoms with van der Waals surface area (Å²) in [7, 11) is 1.62. The Morgan fingerprint density at radius 3 is 2.23 bits per heavy atom. The van der Waals surface area contributed by atoms with Gasteiger partial charge in [-0.15, -0.1) is 0 Å². The second-order valence-electron chi connectivity index (χ2n) is 6.92. The number of hydrogen-bond acceptors (Lipinski definition) is 4. The number of rotatable bonds is 4. The van der Waals surface area contributed by atoms with Crippen LogP contribution in [0.3, 0.4) is 0 Å². The van der Waals surface area contributed by atoms with Crippen molar-refractivity contribution >= 4 is 23.4 Å². The van der Waals surface area contributed by atoms with E-state index in [1.165, 1.54) is 0 Å². The molecule has 142 valence electrons. The minimum absolute atomic E-state index is 0.0614. The van der Waals surface area contributed by atoms with Crippen molar-refractivity contribution in [3.8, 4) is 0 Å². The standard InChI is InChI=1S/C19H26ClN3O3/c1-26-19(6-8-21-9-7-19)18(25)23-12-10-22(11-13-23)17(24)14-15-2-4-16(20)5-3-15/h2-5,21H,6-14H2,1H3. The number of carbonyl (C=O) groups excluding carboxylic acids is 2. The van der Waals surface area contributed by atoms with Crippen LogP contribution < -0.4 is 5.32 Å². The number of piperazine rings is 1. The van der Waals surface area contributed by atoms with Crippen LogP contribution in [0.25, 0.3) is 0 Å². The smallest absolute Gasteiger partial charge is 0.255 e. The van der Waals surface area contributed by atoms with E-state index >= 15 is 0 Å². The van der Waals surface area contributed by atoms with E-state index in [-0.39, 0.29) is 11.8 Å². The zero-order valence-electron chi connectivity index (χ0n) is 15.2. The van der Waals surface area contributed by atoms with Crippen molar-refractivity contribution in [2.45, 2.75) is 24.9 Å². The third-order valence-corrected chi connectivity index (χ3v) is 5.63. The lowest BCUT2D eigenvalue weighted by Crippen LogP contribution is -2.59. The molecular weight excluding hydrogens is 354 g/mol. The molecule has 26 heavy (non-hydrogen) atoms. The number of piperidine rings is 1. The number of amides is 2. The lowest BCUT2D eigenvalue weighted by molar-refractivity contribution is -0.161. The fourth-order valence-electron chi connectivity index (χ4n) is 3.67. The van der Waals surface area contributed by atoms with E-state index in [0.29, 0.717) is 50.5 Å². The van der Waals surface area contributed by atoms with E-state index in [1.54, 1.807) is 19.2 Å². The first-order valence-electron chi connectivity index (χ1n) is 9.11. The molecule has 1 N–H and O–H groups in total. The highest BCUT2D eigenvalue weighted by Gasteiger charge is 2.43. The molecule has 0 atom stereocenters. The maximum Gasteiger partial charge on any atom is 0.255 e. The van der Waals surface area contributed by atoms with Gasteiger partial charge in [-0.25, -0.2) is 0 Å². The van der Waals surface area contributed by atoms with Gasteiger partial charge >= 0.3 is 0 Å². The monoisotopic (exact) mass is 379 g/mol. The molecule has 2 amide bonds. The van der Waals surface area contributed by atoms with Gasteiger partial charge in [0, 0.05) is 38.3 Å². The molecule has 7 heteroatoms. The highest BCUT2D eigenvalue weighted by Crippen LogP contribution is 2.26. The van der Waals surface area contributed by atoms with Crippen molar-refractivity contribution in [3.05, 3.63) is 34.9 Å². The second kappa shape index (κ2) is 8.37. The first kappa shape index (κ1) is 19.1. The number of ether oxygens (including phenoxy) is 1. The van der Waals surface area contributed by atoms with Crippen LogP contribution in [0, 0.1) is 0 Å². The minimum atomic E-state index is -0.708. The number of methoxy groups -OCH3 is 1. The van der Waals surface area contributed by atoms with Crippen LogP contribution in [0.2, 0.25) is 5.02 Å². The van der Waals surface area contributed by atoms with Crippen LogP contribution >= 0.6 is 11.6 Å². The summed E-state index contributed by atoms with van der Waals surface area (Å²) in [4.78, 5) is 29.2. The number of benzene rings is 1. The van der Waals surface area contributed by atoms with Crippen molar-refractivity contribution in [3.63, 3.8) is 0 Å². The minimum Gasteiger partial charge on any atom is -0.368 e. The average Bonchev–Trinajstić information content (AvgIpc) is 2.69. The van der Waals surface area contributed by atoms with Gasteiger partial charge in [0.25, 0.3) is 5.91 Å². The Morgan fingerprint density at radius 1 is 1.08 bits per heavy atom. The first-order chi connectivity index (χ1) is 12.5. The maximum absolute atomic E-state index is 13.0. The lowest BCUT2D eigenvalue weighted by atomic mass is 9.90. The van der Waals surface area contributed by atoms with Crippen LogP contribution in [0.4, 0.5) is 0 Å². The van der Waals surface area contributed by atoms with E-state index in [1.807, 2.05) is 21.9 Å². The quantitative estimate of drug-likeness (QED) is 0.857. The van der Waals surface area contributed by atoms with Gasteiger partial charge in [-0.3, -0.25) is 9.59 Å². The third-order valence-electron chi connectivity index (χ3n) is 5.38. The van der Waals surface area contributed by atoms with Gasteiger partial charge in [-0.1, -0.05) is 23.7 Å². The number of nitrogens with one attached hydrogen (secondary N) is 1. The highest BCUT2D eigenvalue weighted by atomic mass is 35.5. The van der Waals surface area contributed by atoms with Gasteiger partial charge in [0.1, 0.15) is 5.60 Å². The maximum atomic E-state index is 13.0. The molecule has 0 bridgehead atoms. The van der Waals surface area contributed by atoms with E-state index < -0.39 is 5.60 Å². The fourth-order valence-corrected chi connectivity index (χ4v) is 3.80. The largest absolute Gasteiger partial charge is 0.368 e. The molecule has 0 spiro atoms. The van der Waals surface area contributed by atoms with E-state index in [2.05, 4.69) is 5.32 Å². The molecule has 0 saturated carbocycles. The Kier molecular flexibility index (Phi) is 6.16. The second-order valence-corrected chi connectivity index (χ2v) is 7.36. The Labute approximate surface area is 159 Å². The molecule has 2 aliphatic heterocycles. The molecule has 2 aliphatic rings. The fraction of sp³-hybridized carbons (Fsp3) is 0.579. The summed E-state index contributed by atoms with van der Waals surface area (Å²) >= 11 is 5.88. The van der Waals surface area contributed by atoms with Crippen LogP contribution in [-0.4, -0.2) is 73.6 Å². The molecule has 0 aliphatic carbocycles. The predicted octanol–water partition coefficient (Wildman–Crippen LogP) is 1.32.